The Hall–Kier alpha value is -0.00260. The van der Waals surface area contributed by atoms with Gasteiger partial charge in [-0.3, -0.25) is 0 Å². The summed E-state index contributed by atoms with van der Waals surface area (Å²) in [6.07, 6.45) is 1.15. The van der Waals surface area contributed by atoms with Crippen LogP contribution in [0.2, 0.25) is 0 Å². The first-order chi connectivity index (χ1) is 6.33. The molecule has 0 N–H and O–H groups in total. The fourth-order valence-corrected chi connectivity index (χ4v) is 1.92. The molecule has 0 aliphatic rings. The molecule has 0 spiro atoms. The molecule has 0 bridgehead atoms. The number of rotatable bonds is 1. The van der Waals surface area contributed by atoms with Gasteiger partial charge in [-0.1, -0.05) is 6.92 Å². The standard InChI is InChI=1S/C6H7S.C4H3S.Li/c1-2-6-4-3-5-7-6;1-2-4-5-3-1;/h3-4H,2H2,1H3;1-3H;. The zero-order chi connectivity index (χ0) is 9.52. The van der Waals surface area contributed by atoms with Crippen molar-refractivity contribution in [3.8, 4) is 0 Å². The number of hydrogen-bond acceptors (Lipinski definition) is 2. The summed E-state index contributed by atoms with van der Waals surface area (Å²) in [5.74, 6) is 0. The molecular weight excluding hydrogens is 191 g/mol. The van der Waals surface area contributed by atoms with Crippen molar-refractivity contribution in [2.24, 2.45) is 0 Å². The zero-order valence-electron chi connectivity index (χ0n) is 7.91. The van der Waals surface area contributed by atoms with E-state index in [4.69, 9.17) is 0 Å². The van der Waals surface area contributed by atoms with Crippen LogP contribution in [0.25, 0.3) is 0 Å². The van der Waals surface area contributed by atoms with Gasteiger partial charge in [-0.05, 0) is 18.6 Å². The number of hydrogen-bond donors (Lipinski definition) is 0. The summed E-state index contributed by atoms with van der Waals surface area (Å²) in [6.45, 7) is 2.15. The van der Waals surface area contributed by atoms with Crippen molar-refractivity contribution in [1.29, 1.82) is 0 Å². The van der Waals surface area contributed by atoms with Crippen LogP contribution in [-0.4, -0.2) is 17.7 Å². The van der Waals surface area contributed by atoms with Crippen molar-refractivity contribution >= 4 is 43.9 Å². The molecule has 2 heterocycles. The fraction of sp³-hybridized carbons (Fsp3) is 0.200. The van der Waals surface area contributed by atoms with Crippen LogP contribution in [-0.2, 0) is 6.42 Å². The minimum atomic E-state index is 1.15. The first kappa shape index (κ1) is 11.1. The summed E-state index contributed by atoms with van der Waals surface area (Å²) in [4.78, 5) is 1.42. The Morgan fingerprint density at radius 1 is 1.46 bits per heavy atom. The van der Waals surface area contributed by atoms with E-state index in [1.54, 1.807) is 22.7 Å². The molecule has 2 rings (SSSR count). The summed E-state index contributed by atoms with van der Waals surface area (Å²) in [6, 6.07) is 8.22. The number of aryl methyl sites for hydroxylation is 1. The molecule has 0 saturated carbocycles. The first-order valence-electron chi connectivity index (χ1n) is 4.27. The Morgan fingerprint density at radius 3 is 2.54 bits per heavy atom. The average Bonchev–Trinajstić information content (AvgIpc) is 2.76. The SMILES string of the molecule is CCc1cc[c]s1.[Li][c]1cccs1. The van der Waals surface area contributed by atoms with E-state index in [0.29, 0.717) is 0 Å². The Labute approximate surface area is 96.8 Å². The Balaban J connectivity index is 0.000000132. The number of thiophene rings is 2. The van der Waals surface area contributed by atoms with Crippen molar-refractivity contribution in [2.45, 2.75) is 13.3 Å². The molecule has 13 heavy (non-hydrogen) atoms. The first-order valence-corrected chi connectivity index (χ1v) is 5.97. The van der Waals surface area contributed by atoms with Crippen LogP contribution in [0.3, 0.4) is 0 Å². The summed E-state index contributed by atoms with van der Waals surface area (Å²) in [5, 5.41) is 5.10. The van der Waals surface area contributed by atoms with E-state index in [1.165, 1.54) is 8.43 Å². The Morgan fingerprint density at radius 2 is 2.31 bits per heavy atom. The third-order valence-electron chi connectivity index (χ3n) is 1.54. The van der Waals surface area contributed by atoms with E-state index >= 15 is 0 Å². The molecule has 0 unspecified atom stereocenters. The van der Waals surface area contributed by atoms with Crippen LogP contribution in [0.15, 0.2) is 29.6 Å². The molecule has 63 valence electrons. The predicted octanol–water partition coefficient (Wildman–Crippen LogP) is 2.65. The second kappa shape index (κ2) is 6.45. The van der Waals surface area contributed by atoms with Crippen molar-refractivity contribution in [2.75, 3.05) is 0 Å². The third kappa shape index (κ3) is 4.69. The normalized spacial score (nSPS) is 9.15. The van der Waals surface area contributed by atoms with Gasteiger partial charge < -0.3 is 0 Å². The molecule has 0 nitrogen and oxygen atoms in total. The molecule has 2 aromatic heterocycles. The van der Waals surface area contributed by atoms with Crippen LogP contribution in [0.1, 0.15) is 11.8 Å². The van der Waals surface area contributed by atoms with E-state index in [0.717, 1.165) is 6.42 Å². The van der Waals surface area contributed by atoms with E-state index < -0.39 is 0 Å². The summed E-state index contributed by atoms with van der Waals surface area (Å²) >= 11 is 5.58. The van der Waals surface area contributed by atoms with E-state index in [2.05, 4.69) is 53.6 Å². The fourth-order valence-electron chi connectivity index (χ4n) is 0.821. The zero-order valence-corrected chi connectivity index (χ0v) is 9.54. The van der Waals surface area contributed by atoms with Gasteiger partial charge in [0.15, 0.2) is 0 Å². The molecule has 0 fully saturated rings. The van der Waals surface area contributed by atoms with Crippen LogP contribution in [0, 0.1) is 5.38 Å². The second-order valence-corrected chi connectivity index (χ2v) is 4.71. The van der Waals surface area contributed by atoms with Gasteiger partial charge in [-0.25, -0.2) is 0 Å². The van der Waals surface area contributed by atoms with Gasteiger partial charge in [0.2, 0.25) is 0 Å². The summed E-state index contributed by atoms with van der Waals surface area (Å²) < 4.78 is 1.38. The molecule has 0 aliphatic carbocycles. The van der Waals surface area contributed by atoms with Gasteiger partial charge in [-0.15, -0.1) is 11.3 Å². The van der Waals surface area contributed by atoms with Crippen LogP contribution >= 0.6 is 22.7 Å². The third-order valence-corrected chi connectivity index (χ3v) is 3.28. The van der Waals surface area contributed by atoms with E-state index in [9.17, 15) is 0 Å². The van der Waals surface area contributed by atoms with Crippen molar-refractivity contribution in [1.82, 2.24) is 0 Å². The van der Waals surface area contributed by atoms with Gasteiger partial charge in [0.25, 0.3) is 0 Å². The van der Waals surface area contributed by atoms with Gasteiger partial charge in [0, 0.05) is 10.3 Å². The van der Waals surface area contributed by atoms with Gasteiger partial charge >= 0.3 is 50.1 Å². The molecule has 2 aromatic rings. The van der Waals surface area contributed by atoms with E-state index in [-0.39, 0.29) is 0 Å². The molecular formula is C10H10LiS2. The molecule has 3 heteroatoms. The Kier molecular flexibility index (Phi) is 5.50. The monoisotopic (exact) mass is 201 g/mol. The molecule has 1 radical (unpaired) electrons. The Bertz CT molecular complexity index is 298. The topological polar surface area (TPSA) is 0 Å². The van der Waals surface area contributed by atoms with Gasteiger partial charge in [0.05, 0.1) is 0 Å². The van der Waals surface area contributed by atoms with Crippen LogP contribution < -0.4 is 3.55 Å². The summed E-state index contributed by atoms with van der Waals surface area (Å²) in [5.41, 5.74) is 0. The molecule has 0 aromatic carbocycles. The van der Waals surface area contributed by atoms with Crippen LogP contribution in [0.5, 0.6) is 0 Å². The molecule has 0 aliphatic heterocycles. The summed E-state index contributed by atoms with van der Waals surface area (Å²) in [7, 11) is 0. The maximum absolute atomic E-state index is 3.02. The van der Waals surface area contributed by atoms with Gasteiger partial charge in [-0.2, -0.15) is 0 Å². The van der Waals surface area contributed by atoms with E-state index in [1.807, 2.05) is 6.07 Å². The van der Waals surface area contributed by atoms with Gasteiger partial charge in [0.1, 0.15) is 0 Å². The quantitative estimate of drug-likeness (QED) is 0.622. The molecule has 0 amide bonds. The minimum absolute atomic E-state index is 1.15. The van der Waals surface area contributed by atoms with Crippen molar-refractivity contribution in [3.05, 3.63) is 39.9 Å². The average molecular weight is 201 g/mol. The second-order valence-electron chi connectivity index (χ2n) is 2.60. The van der Waals surface area contributed by atoms with Crippen molar-refractivity contribution in [3.63, 3.8) is 0 Å². The van der Waals surface area contributed by atoms with Crippen molar-refractivity contribution < 1.29 is 0 Å². The predicted molar refractivity (Wildman–Crippen MR) is 62.2 cm³/mol. The van der Waals surface area contributed by atoms with Crippen LogP contribution in [0.4, 0.5) is 0 Å². The maximum atomic E-state index is 3.02. The molecule has 0 atom stereocenters. The molecule has 0 saturated heterocycles.